The smallest absolute Gasteiger partial charge is 0.165 e. The van der Waals surface area contributed by atoms with Gasteiger partial charge in [-0.15, -0.1) is 0 Å². The van der Waals surface area contributed by atoms with Gasteiger partial charge in [-0.05, 0) is 37.6 Å². The van der Waals surface area contributed by atoms with Crippen molar-refractivity contribution in [1.82, 2.24) is 9.78 Å². The van der Waals surface area contributed by atoms with Crippen LogP contribution < -0.4 is 10.5 Å². The highest BCUT2D eigenvalue weighted by Crippen LogP contribution is 2.19. The summed E-state index contributed by atoms with van der Waals surface area (Å²) < 4.78 is 21.1. The Labute approximate surface area is 112 Å². The highest BCUT2D eigenvalue weighted by atomic mass is 19.1. The van der Waals surface area contributed by atoms with E-state index in [0.717, 1.165) is 23.5 Å². The molecule has 0 saturated carbocycles. The van der Waals surface area contributed by atoms with Gasteiger partial charge in [0.2, 0.25) is 0 Å². The van der Waals surface area contributed by atoms with E-state index in [-0.39, 0.29) is 11.6 Å². The molecule has 0 saturated heterocycles. The van der Waals surface area contributed by atoms with Gasteiger partial charge >= 0.3 is 0 Å². The van der Waals surface area contributed by atoms with E-state index in [0.29, 0.717) is 13.2 Å². The summed E-state index contributed by atoms with van der Waals surface area (Å²) in [5.74, 6) is -0.152. The molecule has 0 spiro atoms. The van der Waals surface area contributed by atoms with Crippen molar-refractivity contribution in [2.45, 2.75) is 33.5 Å². The predicted octanol–water partition coefficient (Wildman–Crippen LogP) is 2.39. The Balaban J connectivity index is 2.09. The molecule has 19 heavy (non-hydrogen) atoms. The second kappa shape index (κ2) is 5.84. The number of aryl methyl sites for hydroxylation is 2. The summed E-state index contributed by atoms with van der Waals surface area (Å²) in [6.07, 6.45) is 0. The summed E-state index contributed by atoms with van der Waals surface area (Å²) in [7, 11) is 0. The molecule has 0 atom stereocenters. The minimum absolute atomic E-state index is 0.235. The zero-order chi connectivity index (χ0) is 13.8. The molecule has 102 valence electrons. The highest BCUT2D eigenvalue weighted by molar-refractivity contribution is 5.29. The number of halogens is 1. The topological polar surface area (TPSA) is 53.1 Å². The molecule has 0 fully saturated rings. The van der Waals surface area contributed by atoms with E-state index in [1.807, 2.05) is 24.6 Å². The summed E-state index contributed by atoms with van der Waals surface area (Å²) in [4.78, 5) is 0. The first-order valence-corrected chi connectivity index (χ1v) is 6.28. The standard InChI is InChI=1S/C14H18FN3O/c1-3-18-12(6-10(2)17-18)9-19-14-5-4-11(8-16)7-13(14)15/h4-7H,3,8-9,16H2,1-2H3. The Kier molecular flexibility index (Phi) is 4.16. The number of nitrogens with two attached hydrogens (primary N) is 1. The van der Waals surface area contributed by atoms with E-state index in [4.69, 9.17) is 10.5 Å². The fourth-order valence-electron chi connectivity index (χ4n) is 1.93. The number of hydrogen-bond acceptors (Lipinski definition) is 3. The monoisotopic (exact) mass is 263 g/mol. The van der Waals surface area contributed by atoms with Gasteiger partial charge in [-0.3, -0.25) is 4.68 Å². The van der Waals surface area contributed by atoms with E-state index in [1.165, 1.54) is 6.07 Å². The van der Waals surface area contributed by atoms with Gasteiger partial charge in [0.15, 0.2) is 11.6 Å². The van der Waals surface area contributed by atoms with Crippen LogP contribution in [0.3, 0.4) is 0 Å². The lowest BCUT2D eigenvalue weighted by Crippen LogP contribution is -2.07. The molecule has 1 aromatic heterocycles. The van der Waals surface area contributed by atoms with Gasteiger partial charge in [0.25, 0.3) is 0 Å². The third-order valence-corrected chi connectivity index (χ3v) is 2.89. The molecule has 2 rings (SSSR count). The predicted molar refractivity (Wildman–Crippen MR) is 71.3 cm³/mol. The fourth-order valence-corrected chi connectivity index (χ4v) is 1.93. The summed E-state index contributed by atoms with van der Waals surface area (Å²) in [5, 5.41) is 4.32. The molecule has 1 heterocycles. The number of benzene rings is 1. The lowest BCUT2D eigenvalue weighted by molar-refractivity contribution is 0.278. The minimum atomic E-state index is -0.387. The number of rotatable bonds is 5. The van der Waals surface area contributed by atoms with Crippen LogP contribution in [-0.4, -0.2) is 9.78 Å². The van der Waals surface area contributed by atoms with Crippen molar-refractivity contribution in [2.24, 2.45) is 5.73 Å². The highest BCUT2D eigenvalue weighted by Gasteiger charge is 2.08. The molecule has 0 bridgehead atoms. The van der Waals surface area contributed by atoms with Gasteiger partial charge in [0, 0.05) is 13.1 Å². The maximum atomic E-state index is 13.7. The van der Waals surface area contributed by atoms with Crippen molar-refractivity contribution in [3.63, 3.8) is 0 Å². The number of hydrogen-bond donors (Lipinski definition) is 1. The van der Waals surface area contributed by atoms with Crippen molar-refractivity contribution < 1.29 is 9.13 Å². The van der Waals surface area contributed by atoms with Crippen molar-refractivity contribution in [1.29, 1.82) is 0 Å². The molecular formula is C14H18FN3O. The summed E-state index contributed by atoms with van der Waals surface area (Å²) in [6.45, 7) is 5.31. The molecule has 0 aliphatic rings. The average molecular weight is 263 g/mol. The van der Waals surface area contributed by atoms with Crippen LogP contribution in [0, 0.1) is 12.7 Å². The van der Waals surface area contributed by atoms with Crippen molar-refractivity contribution >= 4 is 0 Å². The quantitative estimate of drug-likeness (QED) is 0.901. The first kappa shape index (κ1) is 13.5. The molecule has 1 aromatic carbocycles. The zero-order valence-electron chi connectivity index (χ0n) is 11.2. The molecule has 0 unspecified atom stereocenters. The van der Waals surface area contributed by atoms with Crippen molar-refractivity contribution in [3.8, 4) is 5.75 Å². The van der Waals surface area contributed by atoms with Crippen LogP contribution >= 0.6 is 0 Å². The molecule has 2 N–H and O–H groups in total. The summed E-state index contributed by atoms with van der Waals surface area (Å²) in [5.41, 5.74) is 8.07. The van der Waals surface area contributed by atoms with E-state index in [1.54, 1.807) is 12.1 Å². The third-order valence-electron chi connectivity index (χ3n) is 2.89. The molecule has 4 nitrogen and oxygen atoms in total. The van der Waals surface area contributed by atoms with Gasteiger partial charge in [-0.2, -0.15) is 5.10 Å². The first-order chi connectivity index (χ1) is 9.13. The van der Waals surface area contributed by atoms with E-state index in [2.05, 4.69) is 5.10 Å². The second-order valence-electron chi connectivity index (χ2n) is 4.35. The number of aromatic nitrogens is 2. The second-order valence-corrected chi connectivity index (χ2v) is 4.35. The Morgan fingerprint density at radius 2 is 2.16 bits per heavy atom. The van der Waals surface area contributed by atoms with Crippen molar-refractivity contribution in [3.05, 3.63) is 47.0 Å². The number of ether oxygens (including phenoxy) is 1. The van der Waals surface area contributed by atoms with Crippen LogP contribution in [-0.2, 0) is 19.7 Å². The lowest BCUT2D eigenvalue weighted by Gasteiger charge is -2.09. The normalized spacial score (nSPS) is 10.7. The Hall–Kier alpha value is -1.88. The van der Waals surface area contributed by atoms with Crippen molar-refractivity contribution in [2.75, 3.05) is 0 Å². The molecule has 0 amide bonds. The van der Waals surface area contributed by atoms with Crippen LogP contribution in [0.25, 0.3) is 0 Å². The Bertz CT molecular complexity index is 566. The van der Waals surface area contributed by atoms with Gasteiger partial charge in [0.1, 0.15) is 6.61 Å². The molecular weight excluding hydrogens is 245 g/mol. The van der Waals surface area contributed by atoms with Gasteiger partial charge < -0.3 is 10.5 Å². The SMILES string of the molecule is CCn1nc(C)cc1COc1ccc(CN)cc1F. The molecule has 0 aliphatic heterocycles. The van der Waals surface area contributed by atoms with Crippen LogP contribution in [0.15, 0.2) is 24.3 Å². The van der Waals surface area contributed by atoms with Crippen LogP contribution in [0.5, 0.6) is 5.75 Å². The Morgan fingerprint density at radius 3 is 2.79 bits per heavy atom. The van der Waals surface area contributed by atoms with Crippen LogP contribution in [0.1, 0.15) is 23.9 Å². The molecule has 2 aromatic rings. The first-order valence-electron chi connectivity index (χ1n) is 6.28. The van der Waals surface area contributed by atoms with Crippen LogP contribution in [0.2, 0.25) is 0 Å². The Morgan fingerprint density at radius 1 is 1.37 bits per heavy atom. The molecule has 5 heteroatoms. The fraction of sp³-hybridized carbons (Fsp3) is 0.357. The van der Waals surface area contributed by atoms with Gasteiger partial charge in [-0.1, -0.05) is 6.07 Å². The maximum Gasteiger partial charge on any atom is 0.165 e. The number of nitrogens with zero attached hydrogens (tertiary/aromatic N) is 2. The summed E-state index contributed by atoms with van der Waals surface area (Å²) >= 11 is 0. The van der Waals surface area contributed by atoms with Crippen LogP contribution in [0.4, 0.5) is 4.39 Å². The van der Waals surface area contributed by atoms with E-state index < -0.39 is 0 Å². The van der Waals surface area contributed by atoms with Gasteiger partial charge in [0.05, 0.1) is 11.4 Å². The lowest BCUT2D eigenvalue weighted by atomic mass is 10.2. The molecule has 0 aliphatic carbocycles. The zero-order valence-corrected chi connectivity index (χ0v) is 11.2. The maximum absolute atomic E-state index is 13.7. The van der Waals surface area contributed by atoms with E-state index in [9.17, 15) is 4.39 Å². The average Bonchev–Trinajstić information content (AvgIpc) is 2.77. The summed E-state index contributed by atoms with van der Waals surface area (Å²) in [6, 6.07) is 6.71. The minimum Gasteiger partial charge on any atom is -0.484 e. The third kappa shape index (κ3) is 3.12. The largest absolute Gasteiger partial charge is 0.484 e. The molecule has 0 radical (unpaired) electrons. The van der Waals surface area contributed by atoms with Gasteiger partial charge in [-0.25, -0.2) is 4.39 Å². The van der Waals surface area contributed by atoms with E-state index >= 15 is 0 Å².